The fourth-order valence-corrected chi connectivity index (χ4v) is 3.34. The van der Waals surface area contributed by atoms with Crippen LogP contribution in [0.4, 0.5) is 43.7 Å². The second-order valence-electron chi connectivity index (χ2n) is 8.43. The highest BCUT2D eigenvalue weighted by atomic mass is 19.4. The van der Waals surface area contributed by atoms with E-state index in [-0.39, 0.29) is 17.7 Å². The van der Waals surface area contributed by atoms with Crippen molar-refractivity contribution in [3.05, 3.63) is 95.4 Å². The second-order valence-corrected chi connectivity index (χ2v) is 8.43. The molecule has 0 unspecified atom stereocenters. The number of nitrogens with one attached hydrogen (secondary N) is 2. The number of benzene rings is 2. The van der Waals surface area contributed by atoms with Crippen molar-refractivity contribution >= 4 is 29.2 Å². The zero-order valence-electron chi connectivity index (χ0n) is 21.3. The second kappa shape index (κ2) is 12.4. The minimum atomic E-state index is -5.07. The molecule has 4 rings (SSSR count). The number of aryl methyl sites for hydroxylation is 1. The molecule has 0 fully saturated rings. The highest BCUT2D eigenvalue weighted by Crippen LogP contribution is 2.36. The molecule has 0 aliphatic carbocycles. The van der Waals surface area contributed by atoms with Crippen molar-refractivity contribution in [2.24, 2.45) is 0 Å². The van der Waals surface area contributed by atoms with Gasteiger partial charge in [0, 0.05) is 48.0 Å². The molecule has 2 aromatic carbocycles. The van der Waals surface area contributed by atoms with Crippen LogP contribution in [-0.2, 0) is 17.1 Å². The first-order valence-corrected chi connectivity index (χ1v) is 11.5. The zero-order chi connectivity index (χ0) is 30.4. The van der Waals surface area contributed by atoms with E-state index in [9.17, 15) is 31.1 Å². The number of anilines is 3. The van der Waals surface area contributed by atoms with Gasteiger partial charge in [-0.15, -0.1) is 0 Å². The Morgan fingerprint density at radius 1 is 0.878 bits per heavy atom. The third-order valence-corrected chi connectivity index (χ3v) is 5.20. The van der Waals surface area contributed by atoms with Crippen molar-refractivity contribution in [3.63, 3.8) is 0 Å². The molecule has 1 amide bonds. The van der Waals surface area contributed by atoms with Crippen LogP contribution in [0.1, 0.15) is 34.0 Å². The van der Waals surface area contributed by atoms with Gasteiger partial charge < -0.3 is 15.7 Å². The van der Waals surface area contributed by atoms with E-state index in [0.29, 0.717) is 29.1 Å². The normalized spacial score (nSPS) is 11.2. The van der Waals surface area contributed by atoms with Gasteiger partial charge in [-0.2, -0.15) is 26.3 Å². The molecular formula is C27H21F6N5O3. The summed E-state index contributed by atoms with van der Waals surface area (Å²) in [6, 6.07) is 10.5. The summed E-state index contributed by atoms with van der Waals surface area (Å²) in [6.45, 7) is 2.83. The molecule has 41 heavy (non-hydrogen) atoms. The van der Waals surface area contributed by atoms with E-state index in [4.69, 9.17) is 9.90 Å². The summed E-state index contributed by atoms with van der Waals surface area (Å²) >= 11 is 0. The fraction of sp³-hybridized carbons (Fsp3) is 0.148. The van der Waals surface area contributed by atoms with Crippen molar-refractivity contribution in [1.82, 2.24) is 15.0 Å². The predicted octanol–water partition coefficient (Wildman–Crippen LogP) is 6.97. The molecule has 3 N–H and O–H groups in total. The summed E-state index contributed by atoms with van der Waals surface area (Å²) in [5, 5.41) is 12.8. The zero-order valence-corrected chi connectivity index (χ0v) is 21.3. The number of hydrogen-bond acceptors (Lipinski definition) is 6. The summed E-state index contributed by atoms with van der Waals surface area (Å²) in [6.07, 6.45) is -5.35. The van der Waals surface area contributed by atoms with Crippen LogP contribution in [0.5, 0.6) is 0 Å². The van der Waals surface area contributed by atoms with Gasteiger partial charge in [-0.05, 0) is 61.0 Å². The Morgan fingerprint density at radius 2 is 1.51 bits per heavy atom. The largest absolute Gasteiger partial charge is 0.481 e. The number of amides is 1. The third-order valence-electron chi connectivity index (χ3n) is 5.20. The number of carboxylic acids is 1. The molecule has 2 heterocycles. The van der Waals surface area contributed by atoms with Gasteiger partial charge in [0.15, 0.2) is 0 Å². The van der Waals surface area contributed by atoms with E-state index in [2.05, 4.69) is 25.6 Å². The number of pyridine rings is 1. The maximum Gasteiger partial charge on any atom is 0.416 e. The van der Waals surface area contributed by atoms with Gasteiger partial charge in [-0.1, -0.05) is 6.07 Å². The Labute approximate surface area is 229 Å². The topological polar surface area (TPSA) is 117 Å². The molecule has 0 saturated heterocycles. The standard InChI is InChI=1S/C25H17F6N5O.C2H4O2/c1-14-4-5-19(12-21(14)36-23-33-8-6-20(35-23)15-3-2-7-32-13-15)34-22(37)16-9-17(24(26,27)28)11-18(10-16)25(29,30)31;1-2(3)4/h2-13H,1H3,(H,34,37)(H,33,35,36);1H3,(H,3,4). The van der Waals surface area contributed by atoms with Gasteiger partial charge in [0.05, 0.1) is 16.8 Å². The Hall–Kier alpha value is -5.01. The molecule has 0 aliphatic rings. The average molecular weight is 577 g/mol. The monoisotopic (exact) mass is 577 g/mol. The number of aromatic nitrogens is 3. The van der Waals surface area contributed by atoms with Crippen LogP contribution in [0.25, 0.3) is 11.3 Å². The van der Waals surface area contributed by atoms with Crippen LogP contribution in [0.2, 0.25) is 0 Å². The van der Waals surface area contributed by atoms with Gasteiger partial charge >= 0.3 is 12.4 Å². The quantitative estimate of drug-likeness (QED) is 0.219. The van der Waals surface area contributed by atoms with Gasteiger partial charge in [-0.3, -0.25) is 14.6 Å². The van der Waals surface area contributed by atoms with E-state index in [1.54, 1.807) is 37.5 Å². The number of nitrogens with zero attached hydrogens (tertiary/aromatic N) is 3. The van der Waals surface area contributed by atoms with Gasteiger partial charge in [0.25, 0.3) is 11.9 Å². The molecule has 0 saturated carbocycles. The average Bonchev–Trinajstić information content (AvgIpc) is 2.90. The molecule has 0 aliphatic heterocycles. The molecule has 8 nitrogen and oxygen atoms in total. The maximum absolute atomic E-state index is 13.1. The molecule has 214 valence electrons. The van der Waals surface area contributed by atoms with Gasteiger partial charge in [-0.25, -0.2) is 9.97 Å². The van der Waals surface area contributed by atoms with Crippen LogP contribution in [0.15, 0.2) is 73.2 Å². The van der Waals surface area contributed by atoms with E-state index in [0.717, 1.165) is 12.5 Å². The van der Waals surface area contributed by atoms with Gasteiger partial charge in [0.1, 0.15) is 0 Å². The summed E-state index contributed by atoms with van der Waals surface area (Å²) in [7, 11) is 0. The summed E-state index contributed by atoms with van der Waals surface area (Å²) < 4.78 is 78.9. The predicted molar refractivity (Wildman–Crippen MR) is 137 cm³/mol. The number of aliphatic carboxylic acids is 1. The van der Waals surface area contributed by atoms with Crippen LogP contribution >= 0.6 is 0 Å². The Bertz CT molecular complexity index is 1510. The first-order chi connectivity index (χ1) is 19.1. The highest BCUT2D eigenvalue weighted by molar-refractivity contribution is 6.04. The van der Waals surface area contributed by atoms with E-state index in [1.165, 1.54) is 18.3 Å². The van der Waals surface area contributed by atoms with Crippen LogP contribution in [0.3, 0.4) is 0 Å². The number of carboxylic acid groups (broad SMARTS) is 1. The molecule has 0 radical (unpaired) electrons. The smallest absolute Gasteiger partial charge is 0.416 e. The minimum absolute atomic E-state index is 0.0374. The number of alkyl halides is 6. The SMILES string of the molecule is CC(=O)O.Cc1ccc(NC(=O)c2cc(C(F)(F)F)cc(C(F)(F)F)c2)cc1Nc1nccc(-c2cccnc2)n1. The molecule has 0 bridgehead atoms. The van der Waals surface area contributed by atoms with Crippen molar-refractivity contribution < 1.29 is 41.0 Å². The summed E-state index contributed by atoms with van der Waals surface area (Å²) in [5.41, 5.74) is -1.29. The maximum atomic E-state index is 13.1. The van der Waals surface area contributed by atoms with Crippen molar-refractivity contribution in [2.75, 3.05) is 10.6 Å². The summed E-state index contributed by atoms with van der Waals surface area (Å²) in [4.78, 5) is 34.3. The lowest BCUT2D eigenvalue weighted by molar-refractivity contribution is -0.143. The number of halogens is 6. The fourth-order valence-electron chi connectivity index (χ4n) is 3.34. The van der Waals surface area contributed by atoms with E-state index in [1.807, 2.05) is 6.07 Å². The molecular weight excluding hydrogens is 556 g/mol. The van der Waals surface area contributed by atoms with Crippen molar-refractivity contribution in [2.45, 2.75) is 26.2 Å². The minimum Gasteiger partial charge on any atom is -0.481 e. The van der Waals surface area contributed by atoms with Crippen molar-refractivity contribution in [1.29, 1.82) is 0 Å². The van der Waals surface area contributed by atoms with Gasteiger partial charge in [0.2, 0.25) is 5.95 Å². The molecule has 14 heteroatoms. The highest BCUT2D eigenvalue weighted by Gasteiger charge is 2.37. The van der Waals surface area contributed by atoms with Crippen LogP contribution < -0.4 is 10.6 Å². The summed E-state index contributed by atoms with van der Waals surface area (Å²) in [5.74, 6) is -1.75. The van der Waals surface area contributed by atoms with Crippen molar-refractivity contribution in [3.8, 4) is 11.3 Å². The lowest BCUT2D eigenvalue weighted by atomic mass is 10.0. The number of rotatable bonds is 5. The lowest BCUT2D eigenvalue weighted by Crippen LogP contribution is -2.17. The first-order valence-electron chi connectivity index (χ1n) is 11.5. The lowest BCUT2D eigenvalue weighted by Gasteiger charge is -2.15. The molecule has 0 spiro atoms. The first kappa shape index (κ1) is 30.5. The molecule has 0 atom stereocenters. The third kappa shape index (κ3) is 8.74. The molecule has 4 aromatic rings. The number of carbonyl (C=O) groups excluding carboxylic acids is 1. The Kier molecular flexibility index (Phi) is 9.27. The number of carbonyl (C=O) groups is 2. The Balaban J connectivity index is 0.00000108. The van der Waals surface area contributed by atoms with Crippen LogP contribution in [0, 0.1) is 6.92 Å². The van der Waals surface area contributed by atoms with E-state index < -0.39 is 40.9 Å². The number of hydrogen-bond donors (Lipinski definition) is 3. The van der Waals surface area contributed by atoms with Crippen LogP contribution in [-0.4, -0.2) is 31.9 Å². The van der Waals surface area contributed by atoms with E-state index >= 15 is 0 Å². The Morgan fingerprint density at radius 3 is 2.07 bits per heavy atom. The molecule has 2 aromatic heterocycles.